The highest BCUT2D eigenvalue weighted by molar-refractivity contribution is 5.70. The molecule has 0 spiro atoms. The molecule has 0 aromatic carbocycles. The van der Waals surface area contributed by atoms with Crippen molar-refractivity contribution in [2.24, 2.45) is 5.92 Å². The number of allylic oxidation sites excluding steroid dienone is 2. The molecule has 0 aliphatic carbocycles. The van der Waals surface area contributed by atoms with Crippen LogP contribution in [0.15, 0.2) is 24.3 Å². The van der Waals surface area contributed by atoms with Crippen molar-refractivity contribution in [1.82, 2.24) is 0 Å². The Bertz CT molecular complexity index is 830. The van der Waals surface area contributed by atoms with Gasteiger partial charge in [0.15, 0.2) is 12.4 Å². The molecule has 0 aromatic heterocycles. The van der Waals surface area contributed by atoms with E-state index >= 15 is 0 Å². The van der Waals surface area contributed by atoms with Gasteiger partial charge in [0.25, 0.3) is 0 Å². The van der Waals surface area contributed by atoms with Gasteiger partial charge in [0.2, 0.25) is 0 Å². The van der Waals surface area contributed by atoms with Crippen LogP contribution in [0.3, 0.4) is 0 Å². The minimum Gasteiger partial charge on any atom is -0.462 e. The van der Waals surface area contributed by atoms with Crippen LogP contribution in [0.5, 0.6) is 0 Å². The summed E-state index contributed by atoms with van der Waals surface area (Å²) in [5, 5.41) is 40.3. The van der Waals surface area contributed by atoms with E-state index in [9.17, 15) is 30.0 Å². The van der Waals surface area contributed by atoms with Crippen molar-refractivity contribution in [3.8, 4) is 0 Å². The second-order valence-electron chi connectivity index (χ2n) is 13.2. The lowest BCUT2D eigenvalue weighted by molar-refractivity contribution is -0.199. The molecule has 1 fully saturated rings. The Morgan fingerprint density at radius 3 is 2.04 bits per heavy atom. The van der Waals surface area contributed by atoms with Crippen molar-refractivity contribution in [2.45, 2.75) is 186 Å². The van der Waals surface area contributed by atoms with E-state index in [4.69, 9.17) is 14.2 Å². The molecule has 0 amide bonds. The summed E-state index contributed by atoms with van der Waals surface area (Å²) in [6.07, 6.45) is 24.3. The third-order valence-electron chi connectivity index (χ3n) is 8.79. The van der Waals surface area contributed by atoms with Gasteiger partial charge in [-0.1, -0.05) is 128 Å². The van der Waals surface area contributed by atoms with Crippen LogP contribution in [0.2, 0.25) is 0 Å². The third-order valence-corrected chi connectivity index (χ3v) is 8.79. The first kappa shape index (κ1) is 43.2. The number of rotatable bonds is 29. The predicted molar refractivity (Wildman–Crippen MR) is 186 cm³/mol. The Labute approximate surface area is 285 Å². The van der Waals surface area contributed by atoms with Crippen LogP contribution < -0.4 is 0 Å². The molecule has 9 nitrogen and oxygen atoms in total. The fourth-order valence-electron chi connectivity index (χ4n) is 5.83. The number of aliphatic hydroxyl groups is 4. The number of carbonyl (C=O) groups excluding carboxylic acids is 2. The van der Waals surface area contributed by atoms with Crippen LogP contribution in [0.4, 0.5) is 0 Å². The number of hydrogen-bond donors (Lipinski definition) is 4. The minimum atomic E-state index is -1.05. The quantitative estimate of drug-likeness (QED) is 0.0369. The zero-order chi connectivity index (χ0) is 34.5. The molecule has 4 N–H and O–H groups in total. The molecule has 274 valence electrons. The molecule has 1 rings (SSSR count). The first-order valence-corrected chi connectivity index (χ1v) is 18.8. The van der Waals surface area contributed by atoms with Crippen molar-refractivity contribution < 1.29 is 44.2 Å². The molecule has 47 heavy (non-hydrogen) atoms. The van der Waals surface area contributed by atoms with Gasteiger partial charge in [0, 0.05) is 25.2 Å². The minimum absolute atomic E-state index is 0.133. The highest BCUT2D eigenvalue weighted by Crippen LogP contribution is 2.29. The van der Waals surface area contributed by atoms with Crippen LogP contribution in [0.25, 0.3) is 0 Å². The summed E-state index contributed by atoms with van der Waals surface area (Å²) >= 11 is 0. The number of unbranched alkanes of at least 4 members (excludes halogenated alkanes) is 14. The molecule has 1 aliphatic heterocycles. The van der Waals surface area contributed by atoms with Crippen molar-refractivity contribution in [2.75, 3.05) is 13.2 Å². The average molecular weight is 669 g/mol. The zero-order valence-electron chi connectivity index (χ0n) is 29.6. The molecule has 0 saturated carbocycles. The van der Waals surface area contributed by atoms with E-state index in [0.717, 1.165) is 38.5 Å². The van der Waals surface area contributed by atoms with E-state index in [1.165, 1.54) is 57.8 Å². The number of ether oxygens (including phenoxy) is 3. The van der Waals surface area contributed by atoms with Crippen molar-refractivity contribution >= 4 is 11.9 Å². The summed E-state index contributed by atoms with van der Waals surface area (Å²) < 4.78 is 16.2. The molecule has 0 bridgehead atoms. The molecule has 0 aromatic rings. The smallest absolute Gasteiger partial charge is 0.306 e. The van der Waals surface area contributed by atoms with E-state index in [1.807, 2.05) is 12.2 Å². The average Bonchev–Trinajstić information content (AvgIpc) is 3.04. The van der Waals surface area contributed by atoms with Gasteiger partial charge in [0.1, 0.15) is 6.61 Å². The van der Waals surface area contributed by atoms with E-state index in [0.29, 0.717) is 32.1 Å². The number of hydrogen-bond acceptors (Lipinski definition) is 9. The van der Waals surface area contributed by atoms with Gasteiger partial charge in [-0.2, -0.15) is 0 Å². The van der Waals surface area contributed by atoms with Gasteiger partial charge in [0.05, 0.1) is 24.9 Å². The fraction of sp³-hybridized carbons (Fsp3) is 0.842. The van der Waals surface area contributed by atoms with Crippen LogP contribution in [-0.4, -0.2) is 76.3 Å². The van der Waals surface area contributed by atoms with Gasteiger partial charge in [-0.05, 0) is 32.1 Å². The van der Waals surface area contributed by atoms with Gasteiger partial charge in [-0.15, -0.1) is 0 Å². The first-order valence-electron chi connectivity index (χ1n) is 18.8. The van der Waals surface area contributed by atoms with E-state index in [1.54, 1.807) is 12.2 Å². The lowest BCUT2D eigenvalue weighted by atomic mass is 9.87. The van der Waals surface area contributed by atoms with E-state index < -0.39 is 43.3 Å². The van der Waals surface area contributed by atoms with Gasteiger partial charge in [-0.25, -0.2) is 0 Å². The summed E-state index contributed by atoms with van der Waals surface area (Å²) in [5.74, 6) is -1.05. The Balaban J connectivity index is 2.20. The molecule has 1 heterocycles. The second-order valence-corrected chi connectivity index (χ2v) is 13.2. The van der Waals surface area contributed by atoms with Gasteiger partial charge < -0.3 is 34.6 Å². The monoisotopic (exact) mass is 668 g/mol. The number of esters is 2. The highest BCUT2D eigenvalue weighted by atomic mass is 16.6. The SMILES string of the molecule is CCCCCCCCCCCCCCC(=O)OC[C@H](CO)OC(=O)CCC/C=C\C[C@H]1[C@@H](O)CC(O)O[C@@H]1/C=C/[C@@H](O)CCCCC. The Morgan fingerprint density at radius 1 is 0.809 bits per heavy atom. The maximum atomic E-state index is 12.3. The molecule has 1 aliphatic rings. The van der Waals surface area contributed by atoms with E-state index in [2.05, 4.69) is 13.8 Å². The largest absolute Gasteiger partial charge is 0.462 e. The van der Waals surface area contributed by atoms with E-state index in [-0.39, 0.29) is 31.3 Å². The second kappa shape index (κ2) is 29.2. The first-order chi connectivity index (χ1) is 22.8. The summed E-state index contributed by atoms with van der Waals surface area (Å²) in [6.45, 7) is 3.79. The van der Waals surface area contributed by atoms with Crippen LogP contribution in [-0.2, 0) is 23.8 Å². The number of aliphatic hydroxyl groups excluding tert-OH is 4. The summed E-state index contributed by atoms with van der Waals surface area (Å²) in [4.78, 5) is 24.3. The summed E-state index contributed by atoms with van der Waals surface area (Å²) in [5.41, 5.74) is 0. The molecule has 9 heteroatoms. The highest BCUT2D eigenvalue weighted by Gasteiger charge is 2.35. The molecular formula is C38H68O9. The van der Waals surface area contributed by atoms with Gasteiger partial charge in [-0.3, -0.25) is 9.59 Å². The molecule has 6 atom stereocenters. The Morgan fingerprint density at radius 2 is 1.40 bits per heavy atom. The lowest BCUT2D eigenvalue weighted by Gasteiger charge is -2.36. The maximum absolute atomic E-state index is 12.3. The van der Waals surface area contributed by atoms with Crippen LogP contribution in [0.1, 0.15) is 155 Å². The topological polar surface area (TPSA) is 143 Å². The van der Waals surface area contributed by atoms with Crippen LogP contribution >= 0.6 is 0 Å². The summed E-state index contributed by atoms with van der Waals surface area (Å²) in [7, 11) is 0. The maximum Gasteiger partial charge on any atom is 0.306 e. The molecular weight excluding hydrogens is 600 g/mol. The van der Waals surface area contributed by atoms with Crippen molar-refractivity contribution in [1.29, 1.82) is 0 Å². The molecule has 0 radical (unpaired) electrons. The van der Waals surface area contributed by atoms with Crippen molar-refractivity contribution in [3.63, 3.8) is 0 Å². The van der Waals surface area contributed by atoms with Crippen LogP contribution in [0, 0.1) is 5.92 Å². The Hall–Kier alpha value is -1.78. The van der Waals surface area contributed by atoms with Crippen molar-refractivity contribution in [3.05, 3.63) is 24.3 Å². The normalized spacial score (nSPS) is 21.3. The third kappa shape index (κ3) is 23.3. The standard InChI is InChI=1S/C38H68O9/c1-3-5-7-8-9-10-11-12-13-14-15-20-24-36(42)45-30-32(29-39)46-37(43)25-21-17-16-19-23-33-34(41)28-38(44)47-35(33)27-26-31(40)22-18-6-4-2/h16,19,26-27,31-35,38-41,44H,3-15,17-18,20-25,28-30H2,1-2H3/b19-16-,27-26+/t31-,32-,33-,34-,35+,38?/m0/s1. The Kier molecular flexibility index (Phi) is 26.8. The lowest BCUT2D eigenvalue weighted by Crippen LogP contribution is -2.43. The molecule has 1 saturated heterocycles. The predicted octanol–water partition coefficient (Wildman–Crippen LogP) is 7.22. The summed E-state index contributed by atoms with van der Waals surface area (Å²) in [6, 6.07) is 0. The molecule has 1 unspecified atom stereocenters. The number of carbonyl (C=O) groups is 2. The fourth-order valence-corrected chi connectivity index (χ4v) is 5.83. The van der Waals surface area contributed by atoms with Gasteiger partial charge >= 0.3 is 11.9 Å². The zero-order valence-corrected chi connectivity index (χ0v) is 29.6.